The number of hydrogen-bond acceptors (Lipinski definition) is 2. The van der Waals surface area contributed by atoms with Crippen molar-refractivity contribution in [1.82, 2.24) is 0 Å². The highest BCUT2D eigenvalue weighted by atomic mass is 19.1. The Labute approximate surface area is 121 Å². The third kappa shape index (κ3) is 3.83. The monoisotopic (exact) mass is 278 g/mol. The minimum Gasteiger partial charge on any atom is -0.423 e. The van der Waals surface area contributed by atoms with Crippen molar-refractivity contribution < 1.29 is 14.4 Å². The van der Waals surface area contributed by atoms with E-state index in [0.717, 1.165) is 37.7 Å². The third-order valence-electron chi connectivity index (χ3n) is 4.54. The molecule has 0 radical (unpaired) electrons. The van der Waals surface area contributed by atoms with Crippen molar-refractivity contribution in [3.05, 3.63) is 29.8 Å². The van der Waals surface area contributed by atoms with Crippen LogP contribution in [-0.2, 0) is 0 Å². The first kappa shape index (κ1) is 15.5. The number of rotatable bonds is 5. The van der Waals surface area contributed by atoms with E-state index < -0.39 is 13.3 Å². The molecule has 2 nitrogen and oxygen atoms in total. The van der Waals surface area contributed by atoms with Crippen LogP contribution in [0.25, 0.3) is 0 Å². The first-order chi connectivity index (χ1) is 9.61. The lowest BCUT2D eigenvalue weighted by Gasteiger charge is -2.32. The Bertz CT molecular complexity index is 407. The van der Waals surface area contributed by atoms with Gasteiger partial charge >= 0.3 is 7.12 Å². The van der Waals surface area contributed by atoms with Crippen LogP contribution in [-0.4, -0.2) is 23.3 Å². The van der Waals surface area contributed by atoms with Gasteiger partial charge in [-0.15, -0.1) is 0 Å². The number of unbranched alkanes of at least 4 members (excludes halogenated alkanes) is 1. The van der Waals surface area contributed by atoms with Gasteiger partial charge in [0.1, 0.15) is 6.17 Å². The quantitative estimate of drug-likeness (QED) is 0.813. The van der Waals surface area contributed by atoms with Crippen LogP contribution in [0.2, 0.25) is 0 Å². The SMILES string of the molecule is CCCC[C@H]1CCC(c2ccc(B(O)O)cc2)C[C@@H]1F. The second-order valence-electron chi connectivity index (χ2n) is 5.97. The van der Waals surface area contributed by atoms with Gasteiger partial charge in [-0.2, -0.15) is 0 Å². The Morgan fingerprint density at radius 3 is 2.45 bits per heavy atom. The summed E-state index contributed by atoms with van der Waals surface area (Å²) in [6.07, 6.45) is 5.20. The molecule has 0 spiro atoms. The topological polar surface area (TPSA) is 40.5 Å². The van der Waals surface area contributed by atoms with Crippen LogP contribution in [0.15, 0.2) is 24.3 Å². The molecule has 0 aliphatic heterocycles. The van der Waals surface area contributed by atoms with Gasteiger partial charge in [0.25, 0.3) is 0 Å². The summed E-state index contributed by atoms with van der Waals surface area (Å²) in [5.41, 5.74) is 1.60. The Hall–Kier alpha value is -0.865. The van der Waals surface area contributed by atoms with Crippen LogP contribution in [0.3, 0.4) is 0 Å². The smallest absolute Gasteiger partial charge is 0.423 e. The Kier molecular flexibility index (Phi) is 5.61. The van der Waals surface area contributed by atoms with Crippen LogP contribution in [0.1, 0.15) is 56.9 Å². The first-order valence-electron chi connectivity index (χ1n) is 7.72. The molecule has 20 heavy (non-hydrogen) atoms. The fraction of sp³-hybridized carbons (Fsp3) is 0.625. The molecule has 3 atom stereocenters. The van der Waals surface area contributed by atoms with Gasteiger partial charge in [-0.1, -0.05) is 44.0 Å². The van der Waals surface area contributed by atoms with E-state index in [1.54, 1.807) is 12.1 Å². The first-order valence-corrected chi connectivity index (χ1v) is 7.72. The molecule has 4 heteroatoms. The van der Waals surface area contributed by atoms with E-state index in [9.17, 15) is 4.39 Å². The molecule has 1 unspecified atom stereocenters. The fourth-order valence-electron chi connectivity index (χ4n) is 3.21. The summed E-state index contributed by atoms with van der Waals surface area (Å²) in [6.45, 7) is 2.15. The molecule has 1 aliphatic carbocycles. The van der Waals surface area contributed by atoms with E-state index in [0.29, 0.717) is 11.9 Å². The minimum absolute atomic E-state index is 0.240. The van der Waals surface area contributed by atoms with E-state index in [1.165, 1.54) is 0 Å². The lowest BCUT2D eigenvalue weighted by atomic mass is 9.74. The van der Waals surface area contributed by atoms with Crippen molar-refractivity contribution in [3.8, 4) is 0 Å². The second kappa shape index (κ2) is 7.23. The number of alkyl halides is 1. The number of benzene rings is 1. The predicted octanol–water partition coefficient (Wildman–Crippen LogP) is 2.78. The van der Waals surface area contributed by atoms with Crippen LogP contribution in [0.4, 0.5) is 4.39 Å². The molecule has 1 aliphatic rings. The third-order valence-corrected chi connectivity index (χ3v) is 4.54. The number of halogens is 1. The molecule has 2 rings (SSSR count). The summed E-state index contributed by atoms with van der Waals surface area (Å²) in [5, 5.41) is 18.2. The molecule has 110 valence electrons. The maximum absolute atomic E-state index is 14.2. The Morgan fingerprint density at radius 1 is 1.20 bits per heavy atom. The Balaban J connectivity index is 1.94. The highest BCUT2D eigenvalue weighted by Crippen LogP contribution is 2.39. The van der Waals surface area contributed by atoms with E-state index in [1.807, 2.05) is 12.1 Å². The molecular weight excluding hydrogens is 254 g/mol. The summed E-state index contributed by atoms with van der Waals surface area (Å²) < 4.78 is 14.2. The highest BCUT2D eigenvalue weighted by molar-refractivity contribution is 6.58. The van der Waals surface area contributed by atoms with Crippen molar-refractivity contribution >= 4 is 12.6 Å². The maximum Gasteiger partial charge on any atom is 0.488 e. The van der Waals surface area contributed by atoms with Crippen molar-refractivity contribution in [2.75, 3.05) is 0 Å². The molecule has 1 fully saturated rings. The zero-order valence-corrected chi connectivity index (χ0v) is 12.1. The molecule has 0 amide bonds. The summed E-state index contributed by atoms with van der Waals surface area (Å²) in [6, 6.07) is 7.24. The second-order valence-corrected chi connectivity index (χ2v) is 5.97. The van der Waals surface area contributed by atoms with Gasteiger partial charge in [0, 0.05) is 0 Å². The largest absolute Gasteiger partial charge is 0.488 e. The van der Waals surface area contributed by atoms with E-state index >= 15 is 0 Å². The van der Waals surface area contributed by atoms with Gasteiger partial charge in [-0.3, -0.25) is 0 Å². The average molecular weight is 278 g/mol. The summed E-state index contributed by atoms with van der Waals surface area (Å²) in [7, 11) is -1.43. The molecule has 0 bridgehead atoms. The van der Waals surface area contributed by atoms with Gasteiger partial charge in [0.2, 0.25) is 0 Å². The molecule has 0 heterocycles. The average Bonchev–Trinajstić information content (AvgIpc) is 2.46. The summed E-state index contributed by atoms with van der Waals surface area (Å²) in [4.78, 5) is 0. The van der Waals surface area contributed by atoms with E-state index in [2.05, 4.69) is 6.92 Å². The van der Waals surface area contributed by atoms with E-state index in [-0.39, 0.29) is 11.8 Å². The van der Waals surface area contributed by atoms with Crippen molar-refractivity contribution in [3.63, 3.8) is 0 Å². The van der Waals surface area contributed by atoms with Crippen LogP contribution >= 0.6 is 0 Å². The zero-order chi connectivity index (χ0) is 14.5. The Morgan fingerprint density at radius 2 is 1.90 bits per heavy atom. The normalized spacial score (nSPS) is 26.5. The van der Waals surface area contributed by atoms with Crippen LogP contribution < -0.4 is 5.46 Å². The molecule has 1 aromatic carbocycles. The molecule has 1 saturated carbocycles. The maximum atomic E-state index is 14.2. The van der Waals surface area contributed by atoms with Gasteiger partial charge in [-0.25, -0.2) is 4.39 Å². The van der Waals surface area contributed by atoms with Crippen molar-refractivity contribution in [1.29, 1.82) is 0 Å². The molecular formula is C16H24BFO2. The lowest BCUT2D eigenvalue weighted by Crippen LogP contribution is -2.30. The summed E-state index contributed by atoms with van der Waals surface area (Å²) in [5.74, 6) is 0.512. The van der Waals surface area contributed by atoms with Crippen LogP contribution in [0.5, 0.6) is 0 Å². The zero-order valence-electron chi connectivity index (χ0n) is 12.1. The van der Waals surface area contributed by atoms with Crippen LogP contribution in [0, 0.1) is 5.92 Å². The predicted molar refractivity (Wildman–Crippen MR) is 80.8 cm³/mol. The molecule has 1 aromatic rings. The van der Waals surface area contributed by atoms with Gasteiger partial charge in [0.15, 0.2) is 0 Å². The molecule has 2 N–H and O–H groups in total. The van der Waals surface area contributed by atoms with Gasteiger partial charge < -0.3 is 10.0 Å². The lowest BCUT2D eigenvalue weighted by molar-refractivity contribution is 0.141. The molecule has 0 saturated heterocycles. The summed E-state index contributed by atoms with van der Waals surface area (Å²) >= 11 is 0. The minimum atomic E-state index is -1.43. The highest BCUT2D eigenvalue weighted by Gasteiger charge is 2.30. The standard InChI is InChI=1S/C16H24BFO2/c1-2-3-4-13-5-6-14(11-16(13)18)12-7-9-15(10-8-12)17(19)20/h7-10,13-14,16,19-20H,2-6,11H2,1H3/t13-,14?,16-/m0/s1. The molecule has 0 aromatic heterocycles. The van der Waals surface area contributed by atoms with Gasteiger partial charge in [0.05, 0.1) is 0 Å². The van der Waals surface area contributed by atoms with Crippen molar-refractivity contribution in [2.24, 2.45) is 5.92 Å². The van der Waals surface area contributed by atoms with Crippen molar-refractivity contribution in [2.45, 2.75) is 57.5 Å². The van der Waals surface area contributed by atoms with Gasteiger partial charge in [-0.05, 0) is 48.5 Å². The fourth-order valence-corrected chi connectivity index (χ4v) is 3.21. The number of hydrogen-bond donors (Lipinski definition) is 2. The van der Waals surface area contributed by atoms with E-state index in [4.69, 9.17) is 10.0 Å².